The van der Waals surface area contributed by atoms with Gasteiger partial charge in [0.15, 0.2) is 5.82 Å². The lowest BCUT2D eigenvalue weighted by Crippen LogP contribution is -2.17. The van der Waals surface area contributed by atoms with Gasteiger partial charge in [-0.05, 0) is 35.9 Å². The average Bonchev–Trinajstić information content (AvgIpc) is 2.71. The average molecular weight is 421 g/mol. The quantitative estimate of drug-likeness (QED) is 0.269. The van der Waals surface area contributed by atoms with Crippen LogP contribution in [0.4, 0.5) is 11.4 Å². The molecule has 0 bridgehead atoms. The Morgan fingerprint density at radius 2 is 1.34 bits per heavy atom. The molecule has 0 aliphatic heterocycles. The van der Waals surface area contributed by atoms with E-state index in [4.69, 9.17) is 21.1 Å². The molecule has 0 aliphatic carbocycles. The second kappa shape index (κ2) is 9.95. The third kappa shape index (κ3) is 5.59. The third-order valence-electron chi connectivity index (χ3n) is 3.62. The summed E-state index contributed by atoms with van der Waals surface area (Å²) in [6.07, 6.45) is 0.641. The lowest BCUT2D eigenvalue weighted by Gasteiger charge is -2.17. The Bertz CT molecular complexity index is 925. The van der Waals surface area contributed by atoms with Crippen molar-refractivity contribution in [2.24, 2.45) is 0 Å². The molecule has 0 saturated heterocycles. The van der Waals surface area contributed by atoms with Crippen LogP contribution in [0.3, 0.4) is 0 Å². The number of anilines is 2. The summed E-state index contributed by atoms with van der Waals surface area (Å²) in [6, 6.07) is 13.4. The molecule has 0 spiro atoms. The molecule has 10 nitrogen and oxygen atoms in total. The minimum atomic E-state index is -0.936. The molecule has 0 amide bonds. The molecule has 0 heterocycles. The Morgan fingerprint density at radius 3 is 1.72 bits per heavy atom. The lowest BCUT2D eigenvalue weighted by molar-refractivity contribution is -0.428. The van der Waals surface area contributed by atoms with Crippen LogP contribution in [0, 0.1) is 20.2 Å². The van der Waals surface area contributed by atoms with E-state index in [1.807, 2.05) is 0 Å². The number of methoxy groups -OCH3 is 2. The maximum Gasteiger partial charge on any atom is 0.344 e. The molecule has 0 aromatic heterocycles. The fraction of sp³-hybridized carbons (Fsp3) is 0.111. The van der Waals surface area contributed by atoms with Crippen molar-refractivity contribution in [2.75, 3.05) is 24.9 Å². The summed E-state index contributed by atoms with van der Waals surface area (Å²) in [5.74, 6) is 0.627. The SMILES string of the molecule is COc1ccccc1NC(Nc1ccccc1OC)=C(/C=C(\Cl)[N+](=O)[O-])[N+](=O)[O-]. The van der Waals surface area contributed by atoms with E-state index in [1.54, 1.807) is 48.5 Å². The van der Waals surface area contributed by atoms with Crippen molar-refractivity contribution in [1.82, 2.24) is 0 Å². The number of nitrogens with zero attached hydrogens (tertiary/aromatic N) is 2. The third-order valence-corrected chi connectivity index (χ3v) is 3.86. The predicted octanol–water partition coefficient (Wildman–Crippen LogP) is 4.03. The topological polar surface area (TPSA) is 129 Å². The number of allylic oxidation sites excluding steroid dienone is 1. The largest absolute Gasteiger partial charge is 0.495 e. The van der Waals surface area contributed by atoms with E-state index in [0.717, 1.165) is 0 Å². The first-order chi connectivity index (χ1) is 13.9. The molecule has 0 fully saturated rings. The maximum atomic E-state index is 11.7. The van der Waals surface area contributed by atoms with Crippen molar-refractivity contribution in [1.29, 1.82) is 0 Å². The summed E-state index contributed by atoms with van der Waals surface area (Å²) < 4.78 is 10.5. The number of nitrogens with one attached hydrogen (secondary N) is 2. The van der Waals surface area contributed by atoms with E-state index >= 15 is 0 Å². The van der Waals surface area contributed by atoms with Gasteiger partial charge in [-0.1, -0.05) is 24.3 Å². The van der Waals surface area contributed by atoms with Crippen LogP contribution in [-0.4, -0.2) is 24.1 Å². The van der Waals surface area contributed by atoms with E-state index in [1.165, 1.54) is 14.2 Å². The van der Waals surface area contributed by atoms with Crippen molar-refractivity contribution in [3.8, 4) is 11.5 Å². The van der Waals surface area contributed by atoms with Crippen molar-refractivity contribution in [2.45, 2.75) is 0 Å². The van der Waals surface area contributed by atoms with Gasteiger partial charge in [-0.2, -0.15) is 0 Å². The van der Waals surface area contributed by atoms with Gasteiger partial charge in [0.1, 0.15) is 17.6 Å². The number of nitro groups is 2. The minimum Gasteiger partial charge on any atom is -0.495 e. The molecule has 11 heteroatoms. The zero-order chi connectivity index (χ0) is 21.4. The van der Waals surface area contributed by atoms with Crippen LogP contribution in [0.5, 0.6) is 11.5 Å². The monoisotopic (exact) mass is 420 g/mol. The van der Waals surface area contributed by atoms with Crippen molar-refractivity contribution in [3.05, 3.63) is 91.5 Å². The number of benzene rings is 2. The lowest BCUT2D eigenvalue weighted by atomic mass is 10.2. The van der Waals surface area contributed by atoms with E-state index in [-0.39, 0.29) is 5.82 Å². The Kier molecular flexibility index (Phi) is 7.38. The van der Waals surface area contributed by atoms with Gasteiger partial charge in [-0.15, -0.1) is 0 Å². The van der Waals surface area contributed by atoms with Gasteiger partial charge in [0.25, 0.3) is 0 Å². The molecule has 0 saturated carbocycles. The van der Waals surface area contributed by atoms with Crippen LogP contribution in [0.15, 0.2) is 71.3 Å². The summed E-state index contributed by atoms with van der Waals surface area (Å²) in [5.41, 5.74) is 0.109. The molecule has 29 heavy (non-hydrogen) atoms. The number of hydrogen-bond donors (Lipinski definition) is 2. The number of hydrogen-bond acceptors (Lipinski definition) is 8. The number of halogens is 1. The van der Waals surface area contributed by atoms with Gasteiger partial charge in [-0.3, -0.25) is 20.2 Å². The van der Waals surface area contributed by atoms with Crippen LogP contribution >= 0.6 is 11.6 Å². The highest BCUT2D eigenvalue weighted by molar-refractivity contribution is 6.28. The van der Waals surface area contributed by atoms with E-state index < -0.39 is 20.7 Å². The molecule has 2 rings (SSSR count). The minimum absolute atomic E-state index is 0.177. The van der Waals surface area contributed by atoms with Crippen LogP contribution in [-0.2, 0) is 0 Å². The van der Waals surface area contributed by atoms with Crippen molar-refractivity contribution in [3.63, 3.8) is 0 Å². The fourth-order valence-electron chi connectivity index (χ4n) is 2.31. The Morgan fingerprint density at radius 1 is 0.897 bits per heavy atom. The summed E-state index contributed by atoms with van der Waals surface area (Å²) in [7, 11) is 2.88. The maximum absolute atomic E-state index is 11.7. The standard InChI is InChI=1S/C18H17ClN4O6/c1-28-15-9-5-3-7-12(15)20-18(14(22(24)25)11-17(19)23(26)27)21-13-8-4-6-10-16(13)29-2/h3-11,20-21H,1-2H3/b17-11+. The second-order valence-electron chi connectivity index (χ2n) is 5.39. The van der Waals surface area contributed by atoms with Gasteiger partial charge < -0.3 is 20.1 Å². The van der Waals surface area contributed by atoms with E-state index in [9.17, 15) is 20.2 Å². The fourth-order valence-corrected chi connectivity index (χ4v) is 2.41. The molecular weight excluding hydrogens is 404 g/mol. The van der Waals surface area contributed by atoms with Gasteiger partial charge >= 0.3 is 10.9 Å². The van der Waals surface area contributed by atoms with Crippen LogP contribution < -0.4 is 20.1 Å². The van der Waals surface area contributed by atoms with Gasteiger partial charge in [0.2, 0.25) is 0 Å². The first-order valence-electron chi connectivity index (χ1n) is 8.07. The number of para-hydroxylation sites is 4. The highest BCUT2D eigenvalue weighted by atomic mass is 35.5. The van der Waals surface area contributed by atoms with Crippen LogP contribution in [0.2, 0.25) is 0 Å². The smallest absolute Gasteiger partial charge is 0.344 e. The molecule has 152 valence electrons. The van der Waals surface area contributed by atoms with Crippen LogP contribution in [0.25, 0.3) is 0 Å². The Labute approximate surface area is 170 Å². The summed E-state index contributed by atoms with van der Waals surface area (Å²) in [5, 5.41) is 27.3. The van der Waals surface area contributed by atoms with E-state index in [0.29, 0.717) is 28.9 Å². The second-order valence-corrected chi connectivity index (χ2v) is 5.78. The Hall–Kier alpha value is -3.79. The molecule has 2 aromatic rings. The molecule has 2 N–H and O–H groups in total. The zero-order valence-corrected chi connectivity index (χ0v) is 16.2. The highest BCUT2D eigenvalue weighted by Gasteiger charge is 2.23. The molecule has 0 unspecified atom stereocenters. The highest BCUT2D eigenvalue weighted by Crippen LogP contribution is 2.29. The summed E-state index contributed by atoms with van der Waals surface area (Å²) in [4.78, 5) is 20.8. The number of ether oxygens (including phenoxy) is 2. The van der Waals surface area contributed by atoms with E-state index in [2.05, 4.69) is 10.6 Å². The van der Waals surface area contributed by atoms with Crippen molar-refractivity contribution < 1.29 is 19.3 Å². The van der Waals surface area contributed by atoms with Crippen molar-refractivity contribution >= 4 is 23.0 Å². The number of rotatable bonds is 9. The predicted molar refractivity (Wildman–Crippen MR) is 108 cm³/mol. The van der Waals surface area contributed by atoms with Gasteiger partial charge in [0, 0.05) is 0 Å². The first kappa shape index (κ1) is 21.5. The molecular formula is C18H17ClN4O6. The Balaban J connectivity index is 2.64. The molecule has 0 aliphatic rings. The summed E-state index contributed by atoms with van der Waals surface area (Å²) in [6.45, 7) is 0. The molecule has 0 atom stereocenters. The summed E-state index contributed by atoms with van der Waals surface area (Å²) >= 11 is 5.54. The first-order valence-corrected chi connectivity index (χ1v) is 8.45. The molecule has 0 radical (unpaired) electrons. The normalized spacial score (nSPS) is 10.7. The molecule has 2 aromatic carbocycles. The van der Waals surface area contributed by atoms with Gasteiger partial charge in [-0.25, -0.2) is 0 Å². The van der Waals surface area contributed by atoms with Crippen LogP contribution in [0.1, 0.15) is 0 Å². The zero-order valence-electron chi connectivity index (χ0n) is 15.4. The van der Waals surface area contributed by atoms with Gasteiger partial charge in [0.05, 0.1) is 35.4 Å².